The van der Waals surface area contributed by atoms with E-state index in [1.165, 1.54) is 5.56 Å². The third kappa shape index (κ3) is 5.71. The average Bonchev–Trinajstić information content (AvgIpc) is 3.17. The molecule has 0 saturated heterocycles. The molecule has 4 rings (SSSR count). The van der Waals surface area contributed by atoms with Gasteiger partial charge in [0.05, 0.1) is 29.3 Å². The predicted molar refractivity (Wildman–Crippen MR) is 134 cm³/mol. The zero-order valence-electron chi connectivity index (χ0n) is 18.2. The van der Waals surface area contributed by atoms with Crippen molar-refractivity contribution in [2.24, 2.45) is 0 Å². The molecule has 0 saturated carbocycles. The zero-order valence-corrected chi connectivity index (χ0v) is 20.4. The lowest BCUT2D eigenvalue weighted by atomic mass is 9.89. The van der Waals surface area contributed by atoms with E-state index in [2.05, 4.69) is 12.1 Å². The van der Waals surface area contributed by atoms with Crippen molar-refractivity contribution in [2.45, 2.75) is 25.6 Å². The molecule has 1 aliphatic rings. The van der Waals surface area contributed by atoms with Crippen LogP contribution in [0.3, 0.4) is 0 Å². The Bertz CT molecular complexity index is 1160. The zero-order chi connectivity index (χ0) is 23.5. The van der Waals surface area contributed by atoms with Crippen LogP contribution in [0.2, 0.25) is 15.1 Å². The quantitative estimate of drug-likeness (QED) is 0.348. The van der Waals surface area contributed by atoms with Crippen LogP contribution in [-0.4, -0.2) is 36.1 Å². The predicted octanol–water partition coefficient (Wildman–Crippen LogP) is 7.35. The summed E-state index contributed by atoms with van der Waals surface area (Å²) in [7, 11) is 1.82. The number of aliphatic carboxylic acids is 1. The van der Waals surface area contributed by atoms with Gasteiger partial charge < -0.3 is 9.84 Å². The maximum absolute atomic E-state index is 10.9. The second-order valence-corrected chi connectivity index (χ2v) is 9.56. The molecule has 33 heavy (non-hydrogen) atoms. The summed E-state index contributed by atoms with van der Waals surface area (Å²) in [6.45, 7) is 1.28. The van der Waals surface area contributed by atoms with Crippen molar-refractivity contribution in [3.63, 3.8) is 0 Å². The molecule has 0 radical (unpaired) electrons. The van der Waals surface area contributed by atoms with Crippen LogP contribution in [0.4, 0.5) is 0 Å². The first kappa shape index (κ1) is 24.1. The molecule has 172 valence electrons. The topological polar surface area (TPSA) is 49.8 Å². The maximum Gasteiger partial charge on any atom is 0.317 e. The molecule has 1 unspecified atom stereocenters. The molecule has 7 heteroatoms. The van der Waals surface area contributed by atoms with Crippen LogP contribution < -0.4 is 0 Å². The minimum absolute atomic E-state index is 0.0212. The van der Waals surface area contributed by atoms with Crippen LogP contribution in [0.5, 0.6) is 0 Å². The Kier molecular flexibility index (Phi) is 7.62. The molecular weight excluding hydrogens is 481 g/mol. The van der Waals surface area contributed by atoms with Gasteiger partial charge in [0.2, 0.25) is 0 Å². The second kappa shape index (κ2) is 10.5. The molecule has 0 spiro atoms. The molecule has 0 bridgehead atoms. The SMILES string of the molecule is CN(CCCC1OCc2cc(-c3ccc(Cl)c(Cl)c3)c(-c3ccc(Cl)cc3)cc21)CC(=O)O. The lowest BCUT2D eigenvalue weighted by Gasteiger charge is -2.18. The summed E-state index contributed by atoms with van der Waals surface area (Å²) in [6, 6.07) is 17.8. The van der Waals surface area contributed by atoms with Gasteiger partial charge in [-0.1, -0.05) is 53.0 Å². The average molecular weight is 505 g/mol. The van der Waals surface area contributed by atoms with Crippen molar-refractivity contribution in [2.75, 3.05) is 20.1 Å². The van der Waals surface area contributed by atoms with Crippen molar-refractivity contribution in [3.05, 3.63) is 80.8 Å². The van der Waals surface area contributed by atoms with Gasteiger partial charge in [0.1, 0.15) is 0 Å². The normalized spacial score (nSPS) is 15.1. The van der Waals surface area contributed by atoms with Crippen molar-refractivity contribution in [3.8, 4) is 22.3 Å². The van der Waals surface area contributed by atoms with Gasteiger partial charge in [0.15, 0.2) is 0 Å². The van der Waals surface area contributed by atoms with Gasteiger partial charge in [0, 0.05) is 5.02 Å². The number of ether oxygens (including phenoxy) is 1. The fourth-order valence-electron chi connectivity index (χ4n) is 4.23. The highest BCUT2D eigenvalue weighted by Gasteiger charge is 2.26. The lowest BCUT2D eigenvalue weighted by molar-refractivity contribution is -0.138. The van der Waals surface area contributed by atoms with Crippen LogP contribution in [0.1, 0.15) is 30.1 Å². The highest BCUT2D eigenvalue weighted by Crippen LogP contribution is 2.43. The molecule has 1 heterocycles. The molecule has 3 aromatic carbocycles. The van der Waals surface area contributed by atoms with E-state index in [1.807, 2.05) is 54.4 Å². The number of fused-ring (bicyclic) bond motifs is 1. The Labute approximate surface area is 208 Å². The van der Waals surface area contributed by atoms with Crippen LogP contribution in [0, 0.1) is 0 Å². The van der Waals surface area contributed by atoms with E-state index in [9.17, 15) is 4.79 Å². The first-order valence-electron chi connectivity index (χ1n) is 10.7. The summed E-state index contributed by atoms with van der Waals surface area (Å²) >= 11 is 18.6. The molecule has 0 amide bonds. The number of hydrogen-bond donors (Lipinski definition) is 1. The van der Waals surface area contributed by atoms with E-state index in [1.54, 1.807) is 0 Å². The summed E-state index contributed by atoms with van der Waals surface area (Å²) in [6.07, 6.45) is 1.65. The van der Waals surface area contributed by atoms with Crippen LogP contribution in [-0.2, 0) is 16.1 Å². The van der Waals surface area contributed by atoms with Gasteiger partial charge in [-0.05, 0) is 96.2 Å². The summed E-state index contributed by atoms with van der Waals surface area (Å²) in [5.74, 6) is -0.817. The minimum atomic E-state index is -0.817. The minimum Gasteiger partial charge on any atom is -0.480 e. The summed E-state index contributed by atoms with van der Waals surface area (Å²) in [5.41, 5.74) is 6.48. The first-order chi connectivity index (χ1) is 15.8. The molecule has 4 nitrogen and oxygen atoms in total. The van der Waals surface area contributed by atoms with E-state index < -0.39 is 5.97 Å². The number of likely N-dealkylation sites (N-methyl/N-ethyl adjacent to an activating group) is 1. The summed E-state index contributed by atoms with van der Waals surface area (Å²) in [4.78, 5) is 12.7. The van der Waals surface area contributed by atoms with Gasteiger partial charge in [-0.15, -0.1) is 0 Å². The molecule has 3 aromatic rings. The molecule has 0 fully saturated rings. The van der Waals surface area contributed by atoms with Gasteiger partial charge >= 0.3 is 5.97 Å². The highest BCUT2D eigenvalue weighted by atomic mass is 35.5. The van der Waals surface area contributed by atoms with Crippen LogP contribution >= 0.6 is 34.8 Å². The molecule has 1 atom stereocenters. The standard InChI is InChI=1S/C26H24Cl3NO3/c1-30(14-26(31)32)10-2-3-25-22-13-21(16-4-7-19(27)8-5-16)20(11-18(22)15-33-25)17-6-9-23(28)24(29)12-17/h4-9,11-13,25H,2-3,10,14-15H2,1H3,(H,31,32). The van der Waals surface area contributed by atoms with Gasteiger partial charge in [-0.3, -0.25) is 9.69 Å². The third-order valence-corrected chi connectivity index (χ3v) is 6.85. The maximum atomic E-state index is 10.9. The summed E-state index contributed by atoms with van der Waals surface area (Å²) < 4.78 is 6.13. The van der Waals surface area contributed by atoms with Gasteiger partial charge in [-0.25, -0.2) is 0 Å². The Morgan fingerprint density at radius 2 is 1.70 bits per heavy atom. The molecule has 0 aliphatic carbocycles. The Balaban J connectivity index is 1.66. The number of halogens is 3. The van der Waals surface area contributed by atoms with Gasteiger partial charge in [0.25, 0.3) is 0 Å². The molecule has 1 N–H and O–H groups in total. The smallest absolute Gasteiger partial charge is 0.317 e. The number of nitrogens with zero attached hydrogens (tertiary/aromatic N) is 1. The van der Waals surface area contributed by atoms with Crippen molar-refractivity contribution >= 4 is 40.8 Å². The van der Waals surface area contributed by atoms with E-state index in [4.69, 9.17) is 44.6 Å². The molecule has 0 aromatic heterocycles. The third-order valence-electron chi connectivity index (χ3n) is 5.86. The summed E-state index contributed by atoms with van der Waals surface area (Å²) in [5, 5.41) is 10.7. The fraction of sp³-hybridized carbons (Fsp3) is 0.269. The first-order valence-corrected chi connectivity index (χ1v) is 11.9. The number of rotatable bonds is 8. The van der Waals surface area contributed by atoms with E-state index in [-0.39, 0.29) is 12.6 Å². The van der Waals surface area contributed by atoms with E-state index >= 15 is 0 Å². The van der Waals surface area contributed by atoms with Crippen molar-refractivity contribution in [1.29, 1.82) is 0 Å². The number of carbonyl (C=O) groups is 1. The number of carboxylic acid groups (broad SMARTS) is 1. The van der Waals surface area contributed by atoms with Crippen LogP contribution in [0.25, 0.3) is 22.3 Å². The number of hydrogen-bond acceptors (Lipinski definition) is 3. The number of carboxylic acids is 1. The van der Waals surface area contributed by atoms with Gasteiger partial charge in [-0.2, -0.15) is 0 Å². The largest absolute Gasteiger partial charge is 0.480 e. The van der Waals surface area contributed by atoms with Crippen LogP contribution in [0.15, 0.2) is 54.6 Å². The Hall–Kier alpha value is -2.08. The fourth-order valence-corrected chi connectivity index (χ4v) is 4.66. The molecule has 1 aliphatic heterocycles. The number of benzene rings is 3. The second-order valence-electron chi connectivity index (χ2n) is 8.31. The lowest BCUT2D eigenvalue weighted by Crippen LogP contribution is -2.26. The van der Waals surface area contributed by atoms with Crippen molar-refractivity contribution in [1.82, 2.24) is 4.90 Å². The molecular formula is C26H24Cl3NO3. The Morgan fingerprint density at radius 1 is 1.00 bits per heavy atom. The van der Waals surface area contributed by atoms with E-state index in [0.29, 0.717) is 28.2 Å². The Morgan fingerprint density at radius 3 is 2.39 bits per heavy atom. The van der Waals surface area contributed by atoms with Crippen molar-refractivity contribution < 1.29 is 14.6 Å². The highest BCUT2D eigenvalue weighted by molar-refractivity contribution is 6.42. The monoisotopic (exact) mass is 503 g/mol. The van der Waals surface area contributed by atoms with E-state index in [0.717, 1.165) is 40.7 Å².